The molecule has 2 aromatic rings. The van der Waals surface area contributed by atoms with E-state index in [1.165, 1.54) is 22.3 Å². The monoisotopic (exact) mass is 244 g/mol. The Hall–Kier alpha value is -2.58. The quantitative estimate of drug-likeness (QED) is 0.693. The van der Waals surface area contributed by atoms with Crippen LogP contribution in [0.4, 0.5) is 0 Å². The maximum atomic E-state index is 8.76. The van der Waals surface area contributed by atoms with E-state index in [4.69, 9.17) is 10.5 Å². The Bertz CT molecular complexity index is 666. The van der Waals surface area contributed by atoms with Crippen LogP contribution in [-0.2, 0) is 19.3 Å². The highest BCUT2D eigenvalue weighted by Gasteiger charge is 2.18. The van der Waals surface area contributed by atoms with Crippen LogP contribution in [0, 0.1) is 22.7 Å². The normalized spacial score (nSPS) is 11.3. The molecule has 0 radical (unpaired) electrons. The van der Waals surface area contributed by atoms with E-state index in [9.17, 15) is 0 Å². The Balaban J connectivity index is 2.01. The first kappa shape index (κ1) is 11.5. The van der Waals surface area contributed by atoms with Gasteiger partial charge in [0.15, 0.2) is 0 Å². The third-order valence-electron chi connectivity index (χ3n) is 3.58. The Kier molecular flexibility index (Phi) is 2.78. The Morgan fingerprint density at radius 2 is 1.26 bits per heavy atom. The second-order valence-corrected chi connectivity index (χ2v) is 4.83. The molecule has 0 heterocycles. The smallest absolute Gasteiger partial charge is 0.0669 e. The lowest BCUT2D eigenvalue weighted by molar-refractivity contribution is 1.19. The first-order valence-corrected chi connectivity index (χ1v) is 6.29. The number of hydrogen-bond donors (Lipinski definition) is 0. The summed E-state index contributed by atoms with van der Waals surface area (Å²) >= 11 is 0. The van der Waals surface area contributed by atoms with Crippen molar-refractivity contribution in [2.45, 2.75) is 19.3 Å². The minimum absolute atomic E-state index is 0.462. The van der Waals surface area contributed by atoms with Gasteiger partial charge in [-0.25, -0.2) is 0 Å². The minimum Gasteiger partial charge on any atom is -0.198 e. The van der Waals surface area contributed by atoms with Crippen molar-refractivity contribution in [3.63, 3.8) is 0 Å². The fraction of sp³-hybridized carbons (Fsp3) is 0.176. The summed E-state index contributed by atoms with van der Waals surface area (Å²) in [5.74, 6) is 0. The van der Waals surface area contributed by atoms with Crippen LogP contribution < -0.4 is 0 Å². The van der Waals surface area contributed by atoms with Gasteiger partial charge in [0, 0.05) is 0 Å². The van der Waals surface area contributed by atoms with Gasteiger partial charge in [0.25, 0.3) is 0 Å². The van der Waals surface area contributed by atoms with Gasteiger partial charge >= 0.3 is 0 Å². The van der Waals surface area contributed by atoms with Crippen LogP contribution in [0.2, 0.25) is 0 Å². The van der Waals surface area contributed by atoms with Gasteiger partial charge in [-0.05, 0) is 39.8 Å². The molecule has 0 fully saturated rings. The van der Waals surface area contributed by atoms with Crippen molar-refractivity contribution in [2.75, 3.05) is 0 Å². The lowest BCUT2D eigenvalue weighted by Gasteiger charge is -2.03. The van der Waals surface area contributed by atoms with Gasteiger partial charge in [-0.2, -0.15) is 10.5 Å². The number of benzene rings is 2. The molecule has 1 aliphatic carbocycles. The molecule has 0 spiro atoms. The molecule has 0 saturated carbocycles. The molecular weight excluding hydrogens is 232 g/mol. The molecule has 0 bridgehead atoms. The van der Waals surface area contributed by atoms with Gasteiger partial charge in [-0.1, -0.05) is 36.4 Å². The molecule has 0 N–H and O–H groups in total. The molecular formula is C17H12N2. The first-order chi connectivity index (χ1) is 9.31. The zero-order valence-electron chi connectivity index (χ0n) is 10.5. The van der Waals surface area contributed by atoms with E-state index in [1.54, 1.807) is 0 Å². The van der Waals surface area contributed by atoms with E-state index in [2.05, 4.69) is 36.4 Å². The largest absolute Gasteiger partial charge is 0.198 e. The van der Waals surface area contributed by atoms with E-state index >= 15 is 0 Å². The average Bonchev–Trinajstić information content (AvgIpc) is 2.76. The molecule has 3 rings (SSSR count). The molecule has 0 saturated heterocycles. The maximum Gasteiger partial charge on any atom is 0.0669 e. The second kappa shape index (κ2) is 4.59. The molecule has 1 aliphatic rings. The van der Waals surface area contributed by atoms with Crippen LogP contribution in [0.5, 0.6) is 0 Å². The zero-order chi connectivity index (χ0) is 13.2. The van der Waals surface area contributed by atoms with E-state index in [1.807, 2.05) is 12.1 Å². The molecule has 0 amide bonds. The Morgan fingerprint density at radius 1 is 0.789 bits per heavy atom. The molecule has 2 nitrogen and oxygen atoms in total. The van der Waals surface area contributed by atoms with Crippen LogP contribution in [0.15, 0.2) is 36.4 Å². The number of rotatable bonds is 2. The number of nitrogens with zero attached hydrogens (tertiary/aromatic N) is 2. The third-order valence-corrected chi connectivity index (χ3v) is 3.58. The third kappa shape index (κ3) is 1.98. The van der Waals surface area contributed by atoms with Crippen molar-refractivity contribution < 1.29 is 0 Å². The van der Waals surface area contributed by atoms with Crippen molar-refractivity contribution in [3.05, 3.63) is 58.7 Å². The summed E-state index contributed by atoms with van der Waals surface area (Å²) in [6, 6.07) is 16.9. The summed E-state index contributed by atoms with van der Waals surface area (Å²) in [6.07, 6.45) is 1.83. The van der Waals surface area contributed by atoms with Gasteiger partial charge in [-0.15, -0.1) is 0 Å². The maximum absolute atomic E-state index is 8.76. The van der Waals surface area contributed by atoms with Crippen molar-refractivity contribution in [1.29, 1.82) is 10.5 Å². The number of fused-ring (bicyclic) bond motifs is 3. The summed E-state index contributed by atoms with van der Waals surface area (Å²) in [4.78, 5) is 0. The molecule has 19 heavy (non-hydrogen) atoms. The summed E-state index contributed by atoms with van der Waals surface area (Å²) < 4.78 is 0. The van der Waals surface area contributed by atoms with Crippen LogP contribution in [-0.4, -0.2) is 0 Å². The second-order valence-electron chi connectivity index (χ2n) is 4.83. The predicted octanol–water partition coefficient (Wildman–Crippen LogP) is 3.39. The fourth-order valence-corrected chi connectivity index (χ4v) is 2.72. The standard InChI is InChI=1S/C17H12N2/c18-7-5-12-1-3-16-14(9-12)11-15-10-13(6-8-19)2-4-17(15)16/h1-4,9-10H,5-6,11H2. The molecule has 90 valence electrons. The Morgan fingerprint density at radius 3 is 1.68 bits per heavy atom. The van der Waals surface area contributed by atoms with Crippen LogP contribution >= 0.6 is 0 Å². The van der Waals surface area contributed by atoms with E-state index in [-0.39, 0.29) is 0 Å². The van der Waals surface area contributed by atoms with Crippen molar-refractivity contribution in [3.8, 4) is 23.3 Å². The SMILES string of the molecule is N#CCc1ccc2c(c1)Cc1cc(CC#N)ccc1-2. The first-order valence-electron chi connectivity index (χ1n) is 6.29. The topological polar surface area (TPSA) is 47.6 Å². The number of nitriles is 2. The van der Waals surface area contributed by atoms with Crippen LogP contribution in [0.1, 0.15) is 22.3 Å². The average molecular weight is 244 g/mol. The van der Waals surface area contributed by atoms with Crippen molar-refractivity contribution in [1.82, 2.24) is 0 Å². The highest BCUT2D eigenvalue weighted by atomic mass is 14.3. The molecule has 2 aromatic carbocycles. The lowest BCUT2D eigenvalue weighted by Crippen LogP contribution is -1.86. The van der Waals surface area contributed by atoms with Crippen molar-refractivity contribution >= 4 is 0 Å². The van der Waals surface area contributed by atoms with Gasteiger partial charge in [0.2, 0.25) is 0 Å². The molecule has 2 heteroatoms. The lowest BCUT2D eigenvalue weighted by atomic mass is 10.0. The van der Waals surface area contributed by atoms with E-state index in [0.29, 0.717) is 12.8 Å². The summed E-state index contributed by atoms with van der Waals surface area (Å²) in [5, 5.41) is 17.5. The van der Waals surface area contributed by atoms with Gasteiger partial charge in [0.1, 0.15) is 0 Å². The van der Waals surface area contributed by atoms with Crippen LogP contribution in [0.25, 0.3) is 11.1 Å². The van der Waals surface area contributed by atoms with Gasteiger partial charge < -0.3 is 0 Å². The summed E-state index contributed by atoms with van der Waals surface area (Å²) in [7, 11) is 0. The van der Waals surface area contributed by atoms with E-state index in [0.717, 1.165) is 17.5 Å². The van der Waals surface area contributed by atoms with Gasteiger partial charge in [-0.3, -0.25) is 0 Å². The number of hydrogen-bond acceptors (Lipinski definition) is 2. The zero-order valence-corrected chi connectivity index (χ0v) is 10.5. The van der Waals surface area contributed by atoms with Crippen LogP contribution in [0.3, 0.4) is 0 Å². The molecule has 0 atom stereocenters. The molecule has 0 unspecified atom stereocenters. The Labute approximate surface area is 112 Å². The minimum atomic E-state index is 0.462. The fourth-order valence-electron chi connectivity index (χ4n) is 2.72. The predicted molar refractivity (Wildman–Crippen MR) is 73.3 cm³/mol. The molecule has 0 aromatic heterocycles. The van der Waals surface area contributed by atoms with E-state index < -0.39 is 0 Å². The highest BCUT2D eigenvalue weighted by molar-refractivity contribution is 5.77. The summed E-state index contributed by atoms with van der Waals surface area (Å²) in [6.45, 7) is 0. The summed E-state index contributed by atoms with van der Waals surface area (Å²) in [5.41, 5.74) is 7.26. The van der Waals surface area contributed by atoms with Crippen molar-refractivity contribution in [2.24, 2.45) is 0 Å². The van der Waals surface area contributed by atoms with Gasteiger partial charge in [0.05, 0.1) is 25.0 Å². The highest BCUT2D eigenvalue weighted by Crippen LogP contribution is 2.37. The molecule has 0 aliphatic heterocycles.